The summed E-state index contributed by atoms with van der Waals surface area (Å²) in [4.78, 5) is 38.2. The highest BCUT2D eigenvalue weighted by Crippen LogP contribution is 2.31. The number of nitrogens with two attached hydrogens (primary N) is 1. The fourth-order valence-corrected chi connectivity index (χ4v) is 4.37. The van der Waals surface area contributed by atoms with Gasteiger partial charge in [0.1, 0.15) is 37.9 Å². The number of rotatable bonds is 11. The van der Waals surface area contributed by atoms with E-state index in [1.165, 1.54) is 27.9 Å². The highest BCUT2D eigenvalue weighted by molar-refractivity contribution is 8.76. The smallest absolute Gasteiger partial charge is 0.433 e. The van der Waals surface area contributed by atoms with Crippen LogP contribution >= 0.6 is 21.6 Å². The molecule has 1 saturated heterocycles. The summed E-state index contributed by atoms with van der Waals surface area (Å²) in [5.74, 6) is 1.29. The van der Waals surface area contributed by atoms with Gasteiger partial charge < -0.3 is 24.8 Å². The molecule has 2 N–H and O–H groups in total. The number of nitrogens with zero attached hydrogens (tertiary/aromatic N) is 5. The first kappa shape index (κ1) is 22.2. The summed E-state index contributed by atoms with van der Waals surface area (Å²) >= 11 is 0. The van der Waals surface area contributed by atoms with E-state index in [1.807, 2.05) is 0 Å². The second kappa shape index (κ2) is 11.0. The van der Waals surface area contributed by atoms with Crippen LogP contribution < -0.4 is 5.73 Å². The van der Waals surface area contributed by atoms with E-state index >= 15 is 0 Å². The fourth-order valence-electron chi connectivity index (χ4n) is 2.72. The van der Waals surface area contributed by atoms with Crippen molar-refractivity contribution in [2.75, 3.05) is 37.1 Å². The molecule has 2 aromatic rings. The minimum absolute atomic E-state index is 0.0190. The Morgan fingerprint density at radius 2 is 2.07 bits per heavy atom. The molecule has 30 heavy (non-hydrogen) atoms. The maximum absolute atomic E-state index is 11.7. The van der Waals surface area contributed by atoms with Gasteiger partial charge in [0.05, 0.1) is 12.4 Å². The summed E-state index contributed by atoms with van der Waals surface area (Å²) in [5.41, 5.74) is 6.91. The van der Waals surface area contributed by atoms with Gasteiger partial charge in [0, 0.05) is 11.5 Å². The van der Waals surface area contributed by atoms with Crippen LogP contribution in [0, 0.1) is 10.1 Å². The Labute approximate surface area is 178 Å². The van der Waals surface area contributed by atoms with Crippen molar-refractivity contribution in [2.45, 2.75) is 25.2 Å². The number of anilines is 1. The quantitative estimate of drug-likeness (QED) is 0.170. The minimum atomic E-state index is -0.831. The molecule has 164 valence electrons. The number of fused-ring (bicyclic) bond motifs is 1. The van der Waals surface area contributed by atoms with Crippen molar-refractivity contribution in [1.82, 2.24) is 19.5 Å². The van der Waals surface area contributed by atoms with E-state index in [9.17, 15) is 14.9 Å². The van der Waals surface area contributed by atoms with Gasteiger partial charge in [-0.2, -0.15) is 0 Å². The van der Waals surface area contributed by atoms with Crippen LogP contribution in [-0.2, 0) is 19.0 Å². The van der Waals surface area contributed by atoms with Gasteiger partial charge in [-0.15, -0.1) is 10.1 Å². The molecule has 0 aromatic carbocycles. The molecule has 0 aliphatic carbocycles. The number of carbonyl (C=O) groups is 1. The van der Waals surface area contributed by atoms with Gasteiger partial charge in [-0.05, 0) is 12.8 Å². The molecule has 13 nitrogen and oxygen atoms in total. The molecule has 1 aliphatic rings. The van der Waals surface area contributed by atoms with Crippen LogP contribution in [0.2, 0.25) is 0 Å². The van der Waals surface area contributed by atoms with E-state index in [0.717, 1.165) is 0 Å². The molecule has 0 amide bonds. The largest absolute Gasteiger partial charge is 0.508 e. The maximum Gasteiger partial charge on any atom is 0.508 e. The van der Waals surface area contributed by atoms with Gasteiger partial charge in [-0.1, -0.05) is 21.6 Å². The Bertz CT molecular complexity index is 869. The standard InChI is InChI=1S/C15H20N6O7S2/c16-13-12-14(18-8-17-13)20(9-19-12)11-2-1-10(28-11)7-26-15(22)25-3-5-29-30-6-4-27-21(23)24/h8-11H,1-7H2,(H2,16,17,18)/t10-,11?/m0/s1. The van der Waals surface area contributed by atoms with E-state index < -0.39 is 11.2 Å². The lowest BCUT2D eigenvalue weighted by molar-refractivity contribution is -0.756. The molecule has 1 fully saturated rings. The fraction of sp³-hybridized carbons (Fsp3) is 0.600. The lowest BCUT2D eigenvalue weighted by Gasteiger charge is -2.15. The number of hydrogen-bond donors (Lipinski definition) is 1. The van der Waals surface area contributed by atoms with E-state index in [4.69, 9.17) is 19.9 Å². The number of carbonyl (C=O) groups excluding carboxylic acids is 1. The number of aromatic nitrogens is 4. The average Bonchev–Trinajstić information content (AvgIpc) is 3.35. The average molecular weight is 460 g/mol. The van der Waals surface area contributed by atoms with Crippen LogP contribution in [0.3, 0.4) is 0 Å². The zero-order chi connectivity index (χ0) is 21.3. The van der Waals surface area contributed by atoms with Gasteiger partial charge in [-0.3, -0.25) is 4.57 Å². The molecule has 0 radical (unpaired) electrons. The molecule has 1 aliphatic heterocycles. The van der Waals surface area contributed by atoms with Gasteiger partial charge in [-0.25, -0.2) is 19.7 Å². The zero-order valence-electron chi connectivity index (χ0n) is 15.7. The summed E-state index contributed by atoms with van der Waals surface area (Å²) in [7, 11) is 2.81. The molecular formula is C15H20N6O7S2. The summed E-state index contributed by atoms with van der Waals surface area (Å²) in [6, 6.07) is 0. The highest BCUT2D eigenvalue weighted by Gasteiger charge is 2.29. The first-order chi connectivity index (χ1) is 14.5. The molecule has 0 spiro atoms. The van der Waals surface area contributed by atoms with Gasteiger partial charge in [0.2, 0.25) is 0 Å². The monoisotopic (exact) mass is 460 g/mol. The molecule has 2 aromatic heterocycles. The normalized spacial score (nSPS) is 18.4. The molecule has 2 atom stereocenters. The first-order valence-corrected chi connectivity index (χ1v) is 11.4. The molecule has 3 heterocycles. The third-order valence-electron chi connectivity index (χ3n) is 4.00. The van der Waals surface area contributed by atoms with Crippen LogP contribution in [0.15, 0.2) is 12.7 Å². The van der Waals surface area contributed by atoms with Crippen molar-refractivity contribution in [3.8, 4) is 0 Å². The van der Waals surface area contributed by atoms with Crippen LogP contribution in [0.5, 0.6) is 0 Å². The lowest BCUT2D eigenvalue weighted by Crippen LogP contribution is -2.20. The van der Waals surface area contributed by atoms with E-state index in [-0.39, 0.29) is 32.2 Å². The molecule has 1 unspecified atom stereocenters. The van der Waals surface area contributed by atoms with Crippen LogP contribution in [0.25, 0.3) is 11.2 Å². The van der Waals surface area contributed by atoms with Gasteiger partial charge in [0.25, 0.3) is 5.09 Å². The maximum atomic E-state index is 11.7. The van der Waals surface area contributed by atoms with Crippen molar-refractivity contribution < 1.29 is 28.9 Å². The number of imidazole rings is 1. The summed E-state index contributed by atoms with van der Waals surface area (Å²) < 4.78 is 17.8. The summed E-state index contributed by atoms with van der Waals surface area (Å²) in [5, 5.41) is 9.15. The Morgan fingerprint density at radius 3 is 2.87 bits per heavy atom. The third-order valence-corrected chi connectivity index (χ3v) is 6.34. The SMILES string of the molecule is Nc1ncnc2c1ncn2C1CC[C@@H](COC(=O)OCCSSCCO[N+](=O)[O-])O1. The Morgan fingerprint density at radius 1 is 1.27 bits per heavy atom. The summed E-state index contributed by atoms with van der Waals surface area (Å²) in [6.07, 6.45) is 3.10. The number of hydrogen-bond acceptors (Lipinski definition) is 13. The van der Waals surface area contributed by atoms with E-state index in [2.05, 4.69) is 19.8 Å². The first-order valence-electron chi connectivity index (χ1n) is 8.94. The van der Waals surface area contributed by atoms with E-state index in [0.29, 0.717) is 41.3 Å². The number of ether oxygens (including phenoxy) is 3. The highest BCUT2D eigenvalue weighted by atomic mass is 33.1. The summed E-state index contributed by atoms with van der Waals surface area (Å²) in [6.45, 7) is 0.271. The van der Waals surface area contributed by atoms with Gasteiger partial charge in [0.15, 0.2) is 11.5 Å². The third kappa shape index (κ3) is 6.24. The second-order valence-electron chi connectivity index (χ2n) is 5.98. The van der Waals surface area contributed by atoms with Gasteiger partial charge >= 0.3 is 6.16 Å². The molecule has 15 heteroatoms. The van der Waals surface area contributed by atoms with Crippen LogP contribution in [0.4, 0.5) is 10.6 Å². The van der Waals surface area contributed by atoms with Crippen molar-refractivity contribution >= 4 is 44.7 Å². The van der Waals surface area contributed by atoms with E-state index in [1.54, 1.807) is 10.9 Å². The Hall–Kier alpha value is -2.52. The predicted octanol–water partition coefficient (Wildman–Crippen LogP) is 1.83. The topological polar surface area (TPSA) is 167 Å². The van der Waals surface area contributed by atoms with Crippen molar-refractivity contribution in [3.63, 3.8) is 0 Å². The Balaban J connectivity index is 1.30. The predicted molar refractivity (Wildman–Crippen MR) is 108 cm³/mol. The lowest BCUT2D eigenvalue weighted by atomic mass is 10.2. The molecular weight excluding hydrogens is 440 g/mol. The van der Waals surface area contributed by atoms with Crippen LogP contribution in [0.1, 0.15) is 19.1 Å². The Kier molecular flexibility index (Phi) is 8.15. The minimum Gasteiger partial charge on any atom is -0.433 e. The molecule has 0 saturated carbocycles. The second-order valence-corrected chi connectivity index (χ2v) is 8.69. The van der Waals surface area contributed by atoms with Crippen LogP contribution in [-0.4, -0.2) is 68.2 Å². The molecule has 0 bridgehead atoms. The molecule has 3 rings (SSSR count). The zero-order valence-corrected chi connectivity index (χ0v) is 17.4. The van der Waals surface area contributed by atoms with Crippen molar-refractivity contribution in [2.24, 2.45) is 0 Å². The number of nitrogen functional groups attached to an aromatic ring is 1. The van der Waals surface area contributed by atoms with Crippen molar-refractivity contribution in [1.29, 1.82) is 0 Å². The van der Waals surface area contributed by atoms with Crippen molar-refractivity contribution in [3.05, 3.63) is 22.8 Å².